The number of hydrogen-bond donors (Lipinski definition) is 2. The van der Waals surface area contributed by atoms with Crippen molar-refractivity contribution in [2.75, 3.05) is 0 Å². The van der Waals surface area contributed by atoms with Crippen LogP contribution in [0.3, 0.4) is 0 Å². The molecule has 0 radical (unpaired) electrons. The predicted molar refractivity (Wildman–Crippen MR) is 167 cm³/mol. The molecule has 0 saturated carbocycles. The Kier molecular flexibility index (Phi) is 8.30. The number of Topliss-reactive ketones (excluding diaryl/α,β-unsaturated/α-hetero) is 2. The second-order valence-electron chi connectivity index (χ2n) is 11.5. The molecule has 0 bridgehead atoms. The van der Waals surface area contributed by atoms with Gasteiger partial charge in [0.15, 0.2) is 11.6 Å². The molecule has 4 atom stereocenters. The molecule has 2 aromatic carbocycles. The number of carbonyl (C=O) groups excluding carboxylic acids is 2. The number of halogens is 1. The minimum Gasteiger partial charge on any atom is -0.507 e. The number of nitrogens with zero attached hydrogens (tertiary/aromatic N) is 1. The highest BCUT2D eigenvalue weighted by Crippen LogP contribution is 2.51. The highest BCUT2D eigenvalue weighted by Gasteiger charge is 2.53. The molecule has 0 amide bonds. The number of aromatic nitrogens is 1. The molecule has 6 nitrogen and oxygen atoms in total. The minimum absolute atomic E-state index is 0.000277. The number of phenolic OH excluding ortho intramolecular Hbond substituents is 1. The summed E-state index contributed by atoms with van der Waals surface area (Å²) in [6, 6.07) is 18.2. The monoisotopic (exact) mass is 625 g/mol. The van der Waals surface area contributed by atoms with Crippen LogP contribution in [0.5, 0.6) is 5.75 Å². The van der Waals surface area contributed by atoms with Crippen molar-refractivity contribution >= 4 is 46.3 Å². The largest absolute Gasteiger partial charge is 0.507 e. The smallest absolute Gasteiger partial charge is 0.455 e. The summed E-state index contributed by atoms with van der Waals surface area (Å²) in [5.74, 6) is -0.941. The number of pyridine rings is 1. The molecule has 214 valence electrons. The van der Waals surface area contributed by atoms with E-state index in [0.29, 0.717) is 42.3 Å². The van der Waals surface area contributed by atoms with Crippen molar-refractivity contribution in [1.82, 2.24) is 4.98 Å². The van der Waals surface area contributed by atoms with Gasteiger partial charge in [-0.05, 0) is 85.5 Å². The van der Waals surface area contributed by atoms with Gasteiger partial charge in [0.25, 0.3) is 0 Å². The molecule has 3 aromatic rings. The summed E-state index contributed by atoms with van der Waals surface area (Å²) in [7, 11) is -1.03. The Balaban J connectivity index is 1.37. The summed E-state index contributed by atoms with van der Waals surface area (Å²) in [6.45, 7) is 2.12. The third kappa shape index (κ3) is 5.43. The lowest BCUT2D eigenvalue weighted by atomic mass is 9.54. The van der Waals surface area contributed by atoms with Gasteiger partial charge >= 0.3 is 7.12 Å². The van der Waals surface area contributed by atoms with Gasteiger partial charge in [-0.15, -0.1) is 0 Å². The second kappa shape index (κ2) is 12.1. The average Bonchev–Trinajstić information content (AvgIpc) is 2.99. The SMILES string of the molecule is CCCC1=C2[C@@H](CC/C(=C/c3cc(Br)ccc3O)c3ccccn3)OB(O)C[C@@H]2[C@@H]2C(=O)c3ccccc3C(=O)[C@@H]2C1. The zero-order chi connectivity index (χ0) is 29.4. The molecule has 1 aliphatic heterocycles. The zero-order valence-electron chi connectivity index (χ0n) is 23.5. The van der Waals surface area contributed by atoms with Gasteiger partial charge in [-0.25, -0.2) is 0 Å². The topological polar surface area (TPSA) is 96.7 Å². The Morgan fingerprint density at radius 2 is 1.83 bits per heavy atom. The number of carbonyl (C=O) groups is 2. The number of aromatic hydroxyl groups is 1. The van der Waals surface area contributed by atoms with Crippen molar-refractivity contribution in [3.05, 3.63) is 105 Å². The third-order valence-corrected chi connectivity index (χ3v) is 9.40. The standard InChI is InChI=1S/C34H33BBrNO5/c1-2-7-21-18-26-32(34(40)25-9-4-3-8-24(25)33(26)39)27-19-35(41)42-30(31(21)27)14-11-20(28-10-5-6-15-37-28)16-22-17-23(36)12-13-29(22)38/h3-6,8-10,12-13,15-17,26-27,30,32,38,41H,2,7,11,14,18-19H2,1H3/b20-16-/t26-,27+,30-,32-/m1/s1. The second-order valence-corrected chi connectivity index (χ2v) is 12.4. The lowest BCUT2D eigenvalue weighted by Crippen LogP contribution is -2.50. The van der Waals surface area contributed by atoms with Gasteiger partial charge in [0.2, 0.25) is 0 Å². The van der Waals surface area contributed by atoms with E-state index >= 15 is 0 Å². The molecule has 1 saturated heterocycles. The van der Waals surface area contributed by atoms with Crippen LogP contribution in [0.15, 0.2) is 82.5 Å². The van der Waals surface area contributed by atoms with E-state index in [0.717, 1.165) is 34.2 Å². The van der Waals surface area contributed by atoms with Crippen LogP contribution in [0.25, 0.3) is 11.6 Å². The number of fused-ring (bicyclic) bond motifs is 4. The number of allylic oxidation sites excluding steroid dienone is 2. The van der Waals surface area contributed by atoms with Crippen molar-refractivity contribution in [3.63, 3.8) is 0 Å². The van der Waals surface area contributed by atoms with Gasteiger partial charge in [0, 0.05) is 39.2 Å². The first-order valence-corrected chi connectivity index (χ1v) is 15.5. The molecule has 42 heavy (non-hydrogen) atoms. The van der Waals surface area contributed by atoms with Crippen molar-refractivity contribution in [2.24, 2.45) is 17.8 Å². The number of ketones is 2. The van der Waals surface area contributed by atoms with Crippen LogP contribution < -0.4 is 0 Å². The summed E-state index contributed by atoms with van der Waals surface area (Å²) >= 11 is 3.50. The molecule has 2 heterocycles. The fourth-order valence-electron chi connectivity index (χ4n) is 7.15. The van der Waals surface area contributed by atoms with Crippen molar-refractivity contribution < 1.29 is 24.4 Å². The lowest BCUT2D eigenvalue weighted by Gasteiger charge is -2.47. The van der Waals surface area contributed by atoms with Crippen molar-refractivity contribution in [3.8, 4) is 5.75 Å². The molecule has 3 aliphatic rings. The van der Waals surface area contributed by atoms with E-state index in [1.165, 1.54) is 5.57 Å². The third-order valence-electron chi connectivity index (χ3n) is 8.90. The number of rotatable bonds is 7. The van der Waals surface area contributed by atoms with E-state index in [1.807, 2.05) is 42.5 Å². The van der Waals surface area contributed by atoms with E-state index < -0.39 is 25.1 Å². The molecule has 2 N–H and O–H groups in total. The van der Waals surface area contributed by atoms with Gasteiger partial charge < -0.3 is 14.8 Å². The molecule has 8 heteroatoms. The summed E-state index contributed by atoms with van der Waals surface area (Å²) in [4.78, 5) is 32.2. The Hall–Kier alpha value is -3.33. The molecule has 1 aromatic heterocycles. The first-order valence-electron chi connectivity index (χ1n) is 14.7. The Labute approximate surface area is 254 Å². The molecular formula is C34H33BBrNO5. The highest BCUT2D eigenvalue weighted by molar-refractivity contribution is 9.10. The molecular weight excluding hydrogens is 593 g/mol. The lowest BCUT2D eigenvalue weighted by molar-refractivity contribution is 0.0599. The number of hydrogen-bond acceptors (Lipinski definition) is 6. The van der Waals surface area contributed by atoms with Gasteiger partial charge in [-0.1, -0.05) is 65.2 Å². The fourth-order valence-corrected chi connectivity index (χ4v) is 7.53. The van der Waals surface area contributed by atoms with Gasteiger partial charge in [-0.3, -0.25) is 14.6 Å². The minimum atomic E-state index is -1.03. The summed E-state index contributed by atoms with van der Waals surface area (Å²) < 4.78 is 7.07. The molecule has 1 fully saturated rings. The van der Waals surface area contributed by atoms with E-state index in [4.69, 9.17) is 4.65 Å². The van der Waals surface area contributed by atoms with Gasteiger partial charge in [0.1, 0.15) is 5.75 Å². The quantitative estimate of drug-likeness (QED) is 0.213. The summed E-state index contributed by atoms with van der Waals surface area (Å²) in [5.41, 5.74) is 5.68. The highest BCUT2D eigenvalue weighted by atomic mass is 79.9. The van der Waals surface area contributed by atoms with Crippen LogP contribution in [0.4, 0.5) is 0 Å². The number of phenols is 1. The maximum absolute atomic E-state index is 13.9. The average molecular weight is 626 g/mol. The predicted octanol–water partition coefficient (Wildman–Crippen LogP) is 7.18. The Morgan fingerprint density at radius 1 is 1.07 bits per heavy atom. The first kappa shape index (κ1) is 28.8. The van der Waals surface area contributed by atoms with Crippen LogP contribution in [0, 0.1) is 17.8 Å². The van der Waals surface area contributed by atoms with E-state index in [9.17, 15) is 19.7 Å². The molecule has 6 rings (SSSR count). The van der Waals surface area contributed by atoms with E-state index in [-0.39, 0.29) is 23.2 Å². The van der Waals surface area contributed by atoms with Crippen LogP contribution >= 0.6 is 15.9 Å². The van der Waals surface area contributed by atoms with Gasteiger partial charge in [0.05, 0.1) is 11.8 Å². The van der Waals surface area contributed by atoms with E-state index in [2.05, 4.69) is 27.8 Å². The Morgan fingerprint density at radius 3 is 2.57 bits per heavy atom. The summed E-state index contributed by atoms with van der Waals surface area (Å²) in [6.07, 6.45) is 7.00. The van der Waals surface area contributed by atoms with Crippen LogP contribution in [-0.4, -0.2) is 39.9 Å². The molecule has 2 aliphatic carbocycles. The maximum Gasteiger partial charge on any atom is 0.455 e. The number of benzene rings is 2. The van der Waals surface area contributed by atoms with Crippen molar-refractivity contribution in [1.29, 1.82) is 0 Å². The van der Waals surface area contributed by atoms with Crippen molar-refractivity contribution in [2.45, 2.75) is 51.5 Å². The Bertz CT molecular complexity index is 1590. The molecule has 0 spiro atoms. The fraction of sp³-hybridized carbons (Fsp3) is 0.324. The van der Waals surface area contributed by atoms with Gasteiger partial charge in [-0.2, -0.15) is 0 Å². The van der Waals surface area contributed by atoms with Crippen LogP contribution in [0.1, 0.15) is 71.0 Å². The van der Waals surface area contributed by atoms with E-state index in [1.54, 1.807) is 30.5 Å². The summed E-state index contributed by atoms with van der Waals surface area (Å²) in [5, 5.41) is 21.5. The molecule has 0 unspecified atom stereocenters. The normalized spacial score (nSPS) is 23.9. The first-order chi connectivity index (χ1) is 20.4. The van der Waals surface area contributed by atoms with Crippen LogP contribution in [-0.2, 0) is 4.65 Å². The maximum atomic E-state index is 13.9. The van der Waals surface area contributed by atoms with Crippen LogP contribution in [0.2, 0.25) is 6.32 Å². The zero-order valence-corrected chi connectivity index (χ0v) is 25.1.